The first-order chi connectivity index (χ1) is 8.94. The molecule has 19 heavy (non-hydrogen) atoms. The van der Waals surface area contributed by atoms with Crippen LogP contribution in [-0.2, 0) is 9.22 Å². The number of rotatable bonds is 10. The van der Waals surface area contributed by atoms with E-state index in [1.165, 1.54) is 5.57 Å². The van der Waals surface area contributed by atoms with Gasteiger partial charge in [-0.15, -0.1) is 6.58 Å². The van der Waals surface area contributed by atoms with Gasteiger partial charge in [0.25, 0.3) is 0 Å². The molecule has 0 aromatic heterocycles. The molecule has 0 fully saturated rings. The van der Waals surface area contributed by atoms with E-state index in [4.69, 9.17) is 4.43 Å². The quantitative estimate of drug-likeness (QED) is 0.422. The largest absolute Gasteiger partial charge is 0.407 e. The zero-order valence-electron chi connectivity index (χ0n) is 13.3. The van der Waals surface area contributed by atoms with E-state index in [9.17, 15) is 4.79 Å². The zero-order chi connectivity index (χ0) is 14.9. The second-order valence-electron chi connectivity index (χ2n) is 5.24. The van der Waals surface area contributed by atoms with Crippen molar-refractivity contribution < 1.29 is 9.22 Å². The first-order valence-corrected chi connectivity index (χ1v) is 9.92. The summed E-state index contributed by atoms with van der Waals surface area (Å²) in [5.41, 5.74) is 1.25. The summed E-state index contributed by atoms with van der Waals surface area (Å²) in [6.07, 6.45) is 5.32. The maximum absolute atomic E-state index is 11.8. The summed E-state index contributed by atoms with van der Waals surface area (Å²) in [6, 6.07) is 3.25. The lowest BCUT2D eigenvalue weighted by Crippen LogP contribution is -2.42. The molecule has 0 heterocycles. The number of carbonyl (C=O) groups excluding carboxylic acids is 1. The third kappa shape index (κ3) is 6.35. The van der Waals surface area contributed by atoms with Crippen LogP contribution in [0.5, 0.6) is 0 Å². The molecule has 0 spiro atoms. The molecule has 0 aliphatic rings. The van der Waals surface area contributed by atoms with Crippen LogP contribution >= 0.6 is 0 Å². The van der Waals surface area contributed by atoms with E-state index in [1.807, 2.05) is 6.08 Å². The molecule has 1 atom stereocenters. The molecule has 0 radical (unpaired) electrons. The van der Waals surface area contributed by atoms with Gasteiger partial charge in [-0.2, -0.15) is 0 Å². The van der Waals surface area contributed by atoms with Gasteiger partial charge in [0.15, 0.2) is 14.1 Å². The number of ketones is 1. The van der Waals surface area contributed by atoms with Crippen molar-refractivity contribution in [3.63, 3.8) is 0 Å². The Labute approximate surface area is 120 Å². The van der Waals surface area contributed by atoms with Crippen LogP contribution in [0.1, 0.15) is 47.5 Å². The van der Waals surface area contributed by atoms with Crippen LogP contribution in [0, 0.1) is 0 Å². The Hall–Kier alpha value is -0.673. The second kappa shape index (κ2) is 9.27. The van der Waals surface area contributed by atoms with E-state index in [0.29, 0.717) is 6.42 Å². The van der Waals surface area contributed by atoms with Gasteiger partial charge < -0.3 is 4.43 Å². The average Bonchev–Trinajstić information content (AvgIpc) is 2.40. The summed E-state index contributed by atoms with van der Waals surface area (Å²) in [4.78, 5) is 11.8. The molecular weight excluding hydrogens is 252 g/mol. The van der Waals surface area contributed by atoms with E-state index in [1.54, 1.807) is 6.92 Å². The van der Waals surface area contributed by atoms with Crippen molar-refractivity contribution in [2.45, 2.75) is 71.7 Å². The Balaban J connectivity index is 4.79. The van der Waals surface area contributed by atoms with Gasteiger partial charge in [0.2, 0.25) is 0 Å². The SMILES string of the molecule is C=CC/C(C)=C\C[C@H](O[Si](CC)(CC)CC)C(C)=O. The van der Waals surface area contributed by atoms with E-state index >= 15 is 0 Å². The van der Waals surface area contributed by atoms with Crippen molar-refractivity contribution in [2.24, 2.45) is 0 Å². The molecule has 0 amide bonds. The van der Waals surface area contributed by atoms with E-state index in [2.05, 4.69) is 40.3 Å². The van der Waals surface area contributed by atoms with Crippen molar-refractivity contribution in [1.29, 1.82) is 0 Å². The van der Waals surface area contributed by atoms with Crippen molar-refractivity contribution in [1.82, 2.24) is 0 Å². The third-order valence-electron chi connectivity index (χ3n) is 3.93. The lowest BCUT2D eigenvalue weighted by Gasteiger charge is -2.32. The number of allylic oxidation sites excluding steroid dienone is 2. The van der Waals surface area contributed by atoms with Gasteiger partial charge in [0.1, 0.15) is 6.10 Å². The monoisotopic (exact) mass is 282 g/mol. The minimum absolute atomic E-state index is 0.148. The molecule has 0 bridgehead atoms. The maximum atomic E-state index is 11.8. The van der Waals surface area contributed by atoms with Crippen LogP contribution in [0.25, 0.3) is 0 Å². The summed E-state index contributed by atoms with van der Waals surface area (Å²) in [6.45, 7) is 14.0. The molecule has 0 aliphatic heterocycles. The topological polar surface area (TPSA) is 26.3 Å². The molecule has 0 saturated carbocycles. The summed E-state index contributed by atoms with van der Waals surface area (Å²) in [7, 11) is -1.70. The van der Waals surface area contributed by atoms with Crippen LogP contribution < -0.4 is 0 Å². The Kier molecular flexibility index (Phi) is 8.94. The van der Waals surface area contributed by atoms with Gasteiger partial charge in [0.05, 0.1) is 0 Å². The van der Waals surface area contributed by atoms with Gasteiger partial charge in [0, 0.05) is 0 Å². The molecule has 0 N–H and O–H groups in total. The Morgan fingerprint density at radius 2 is 1.74 bits per heavy atom. The van der Waals surface area contributed by atoms with E-state index in [-0.39, 0.29) is 11.9 Å². The fourth-order valence-electron chi connectivity index (χ4n) is 2.22. The van der Waals surface area contributed by atoms with Gasteiger partial charge in [-0.25, -0.2) is 0 Å². The fourth-order valence-corrected chi connectivity index (χ4v) is 5.08. The fraction of sp³-hybridized carbons (Fsp3) is 0.688. The molecule has 0 aromatic rings. The average molecular weight is 282 g/mol. The number of Topliss-reactive ketones (excluding diaryl/α,β-unsaturated/α-hetero) is 1. The highest BCUT2D eigenvalue weighted by atomic mass is 28.4. The Morgan fingerprint density at radius 3 is 2.11 bits per heavy atom. The molecule has 0 saturated heterocycles. The van der Waals surface area contributed by atoms with Gasteiger partial charge >= 0.3 is 0 Å². The lowest BCUT2D eigenvalue weighted by atomic mass is 10.1. The predicted molar refractivity (Wildman–Crippen MR) is 85.9 cm³/mol. The van der Waals surface area contributed by atoms with E-state index < -0.39 is 8.32 Å². The summed E-state index contributed by atoms with van der Waals surface area (Å²) >= 11 is 0. The van der Waals surface area contributed by atoms with Crippen molar-refractivity contribution in [3.8, 4) is 0 Å². The highest BCUT2D eigenvalue weighted by molar-refractivity contribution is 6.73. The van der Waals surface area contributed by atoms with Gasteiger partial charge in [-0.1, -0.05) is 38.5 Å². The third-order valence-corrected chi connectivity index (χ3v) is 8.58. The first kappa shape index (κ1) is 18.3. The Morgan fingerprint density at radius 1 is 1.21 bits per heavy atom. The summed E-state index contributed by atoms with van der Waals surface area (Å²) in [5, 5.41) is 0. The van der Waals surface area contributed by atoms with E-state index in [0.717, 1.165) is 24.6 Å². The number of hydrogen-bond donors (Lipinski definition) is 0. The highest BCUT2D eigenvalue weighted by Gasteiger charge is 2.33. The predicted octanol–water partition coefficient (Wildman–Crippen LogP) is 4.88. The normalized spacial score (nSPS) is 14.3. The molecule has 0 unspecified atom stereocenters. The smallest absolute Gasteiger partial charge is 0.193 e. The number of carbonyl (C=O) groups is 1. The summed E-state index contributed by atoms with van der Waals surface area (Å²) in [5.74, 6) is 0.148. The lowest BCUT2D eigenvalue weighted by molar-refractivity contribution is -0.123. The standard InChI is InChI=1S/C16H30O2Si/c1-7-11-14(5)12-13-16(15(6)17)18-19(8-2,9-3)10-4/h7,12,16H,1,8-11,13H2,2-6H3/b14-12-/t16-/m0/s1. The van der Waals surface area contributed by atoms with Crippen LogP contribution in [0.3, 0.4) is 0 Å². The molecule has 0 rings (SSSR count). The van der Waals surface area contributed by atoms with Gasteiger partial charge in [-0.05, 0) is 44.8 Å². The molecule has 2 nitrogen and oxygen atoms in total. The van der Waals surface area contributed by atoms with Crippen molar-refractivity contribution in [3.05, 3.63) is 24.3 Å². The van der Waals surface area contributed by atoms with Crippen molar-refractivity contribution >= 4 is 14.1 Å². The molecule has 3 heteroatoms. The van der Waals surface area contributed by atoms with Crippen LogP contribution in [-0.4, -0.2) is 20.2 Å². The maximum Gasteiger partial charge on any atom is 0.193 e. The van der Waals surface area contributed by atoms with Crippen LogP contribution in [0.4, 0.5) is 0 Å². The first-order valence-electron chi connectivity index (χ1n) is 7.39. The molecule has 0 aromatic carbocycles. The van der Waals surface area contributed by atoms with Gasteiger partial charge in [-0.3, -0.25) is 4.79 Å². The summed E-state index contributed by atoms with van der Waals surface area (Å²) < 4.78 is 6.29. The second-order valence-corrected chi connectivity index (χ2v) is 9.96. The highest BCUT2D eigenvalue weighted by Crippen LogP contribution is 2.25. The molecule has 110 valence electrons. The molecule has 0 aliphatic carbocycles. The van der Waals surface area contributed by atoms with Crippen LogP contribution in [0.2, 0.25) is 18.1 Å². The Bertz CT molecular complexity index is 308. The zero-order valence-corrected chi connectivity index (χ0v) is 14.3. The minimum atomic E-state index is -1.70. The number of hydrogen-bond acceptors (Lipinski definition) is 2. The van der Waals surface area contributed by atoms with Crippen LogP contribution in [0.15, 0.2) is 24.3 Å². The van der Waals surface area contributed by atoms with Crippen molar-refractivity contribution in [2.75, 3.05) is 0 Å². The molecular formula is C16H30O2Si. The minimum Gasteiger partial charge on any atom is -0.407 e.